The number of sulfone groups is 1. The van der Waals surface area contributed by atoms with Crippen LogP contribution in [-0.2, 0) is 19.4 Å². The Bertz CT molecular complexity index is 775. The van der Waals surface area contributed by atoms with E-state index >= 15 is 0 Å². The molecule has 5 nitrogen and oxygen atoms in total. The molecule has 2 rings (SSSR count). The van der Waals surface area contributed by atoms with E-state index in [4.69, 9.17) is 4.74 Å². The van der Waals surface area contributed by atoms with Crippen LogP contribution in [-0.4, -0.2) is 44.0 Å². The molecule has 1 aliphatic heterocycles. The highest BCUT2D eigenvalue weighted by Gasteiger charge is 2.44. The van der Waals surface area contributed by atoms with Crippen molar-refractivity contribution >= 4 is 15.8 Å². The van der Waals surface area contributed by atoms with Gasteiger partial charge in [0, 0.05) is 5.41 Å². The van der Waals surface area contributed by atoms with E-state index in [2.05, 4.69) is 0 Å². The number of nitrogens with zero attached hydrogens (tertiary/aromatic N) is 1. The van der Waals surface area contributed by atoms with Gasteiger partial charge in [-0.1, -0.05) is 17.7 Å². The Hall–Kier alpha value is -1.66. The predicted octanol–water partition coefficient (Wildman–Crippen LogP) is 3.48. The summed E-state index contributed by atoms with van der Waals surface area (Å²) in [5, 5.41) is 1.16. The Morgan fingerprint density at radius 3 is 2.35 bits per heavy atom. The van der Waals surface area contributed by atoms with Crippen molar-refractivity contribution in [3.63, 3.8) is 0 Å². The molecule has 0 bridgehead atoms. The van der Waals surface area contributed by atoms with Gasteiger partial charge in [0.25, 0.3) is 0 Å². The summed E-state index contributed by atoms with van der Waals surface area (Å²) in [5.41, 5.74) is -0.694. The number of likely N-dealkylation sites (N-methyl/N-ethyl adjacent to an activating group) is 1. The van der Waals surface area contributed by atoms with Gasteiger partial charge in [0.05, 0.1) is 4.90 Å². The summed E-state index contributed by atoms with van der Waals surface area (Å²) in [6, 6.07) is 6.69. The van der Waals surface area contributed by atoms with Crippen molar-refractivity contribution < 1.29 is 17.9 Å². The average Bonchev–Trinajstić information content (AvgIpc) is 2.53. The third kappa shape index (κ3) is 4.74. The number of aryl methyl sites for hydroxylation is 1. The number of likely N-dealkylation sites (tertiary alicyclic amines) is 1. The minimum absolute atomic E-state index is 0.220. The lowest BCUT2D eigenvalue weighted by Crippen LogP contribution is -2.56. The van der Waals surface area contributed by atoms with Gasteiger partial charge in [-0.05, 0) is 78.8 Å². The van der Waals surface area contributed by atoms with Crippen molar-refractivity contribution in [1.29, 1.82) is 0 Å². The van der Waals surface area contributed by atoms with Crippen LogP contribution in [0, 0.1) is 6.92 Å². The molecule has 1 aromatic carbocycles. The quantitative estimate of drug-likeness (QED) is 0.750. The van der Waals surface area contributed by atoms with Gasteiger partial charge in [-0.3, -0.25) is 4.90 Å². The molecule has 26 heavy (non-hydrogen) atoms. The minimum Gasteiger partial charge on any atom is -0.458 e. The molecule has 1 atom stereocenters. The maximum Gasteiger partial charge on any atom is 0.331 e. The average molecular weight is 380 g/mol. The summed E-state index contributed by atoms with van der Waals surface area (Å²) >= 11 is 0. The van der Waals surface area contributed by atoms with Gasteiger partial charge in [-0.2, -0.15) is 0 Å². The first-order chi connectivity index (χ1) is 12.0. The number of carbonyl (C=O) groups is 1. The lowest BCUT2D eigenvalue weighted by Gasteiger charge is -2.42. The Kier molecular flexibility index (Phi) is 5.98. The SMILES string of the molecule is Cc1ccc(S(=O)(=O)/C=C/C2(C(=O)OC(C)(C)C)CCCCN2C)cc1. The Morgan fingerprint density at radius 1 is 1.19 bits per heavy atom. The van der Waals surface area contributed by atoms with Crippen LogP contribution in [0.25, 0.3) is 0 Å². The molecule has 0 aliphatic carbocycles. The van der Waals surface area contributed by atoms with E-state index in [1.807, 2.05) is 39.6 Å². The number of ether oxygens (including phenoxy) is 1. The van der Waals surface area contributed by atoms with Crippen LogP contribution in [0.4, 0.5) is 0 Å². The fourth-order valence-electron chi connectivity index (χ4n) is 3.05. The molecule has 0 saturated carbocycles. The number of carbonyl (C=O) groups excluding carboxylic acids is 1. The number of rotatable bonds is 4. The zero-order chi connectivity index (χ0) is 19.6. The zero-order valence-electron chi connectivity index (χ0n) is 16.3. The maximum absolute atomic E-state index is 12.9. The molecule has 1 heterocycles. The summed E-state index contributed by atoms with van der Waals surface area (Å²) in [5.74, 6) is -0.400. The standard InChI is InChI=1S/C20H29NO4S/c1-16-8-10-17(11-9-16)26(23,24)15-13-20(12-6-7-14-21(20)5)18(22)25-19(2,3)4/h8-11,13,15H,6-7,12,14H2,1-5H3/b15-13+. The van der Waals surface area contributed by atoms with E-state index in [0.29, 0.717) is 13.0 Å². The van der Waals surface area contributed by atoms with Crippen molar-refractivity contribution in [1.82, 2.24) is 4.90 Å². The normalized spacial score (nSPS) is 22.5. The van der Waals surface area contributed by atoms with Crippen LogP contribution in [0.3, 0.4) is 0 Å². The van der Waals surface area contributed by atoms with Crippen molar-refractivity contribution in [3.8, 4) is 0 Å². The van der Waals surface area contributed by atoms with Crippen LogP contribution in [0.15, 0.2) is 40.6 Å². The molecule has 1 unspecified atom stereocenters. The summed E-state index contributed by atoms with van der Waals surface area (Å²) in [7, 11) is -1.79. The number of piperidine rings is 1. The summed E-state index contributed by atoms with van der Waals surface area (Å²) in [6.07, 6.45) is 3.87. The molecule has 1 fully saturated rings. The van der Waals surface area contributed by atoms with Gasteiger partial charge >= 0.3 is 5.97 Å². The van der Waals surface area contributed by atoms with Gasteiger partial charge in [-0.25, -0.2) is 13.2 Å². The molecular formula is C20H29NO4S. The molecule has 6 heteroatoms. The van der Waals surface area contributed by atoms with Crippen LogP contribution < -0.4 is 0 Å². The zero-order valence-corrected chi connectivity index (χ0v) is 17.1. The van der Waals surface area contributed by atoms with Crippen LogP contribution in [0.5, 0.6) is 0 Å². The Morgan fingerprint density at radius 2 is 1.81 bits per heavy atom. The third-order valence-electron chi connectivity index (χ3n) is 4.61. The van der Waals surface area contributed by atoms with Crippen molar-refractivity contribution in [2.45, 2.75) is 63.0 Å². The van der Waals surface area contributed by atoms with Crippen molar-refractivity contribution in [3.05, 3.63) is 41.3 Å². The fraction of sp³-hybridized carbons (Fsp3) is 0.550. The van der Waals surface area contributed by atoms with E-state index in [-0.39, 0.29) is 4.90 Å². The monoisotopic (exact) mass is 379 g/mol. The van der Waals surface area contributed by atoms with Gasteiger partial charge in [-0.15, -0.1) is 0 Å². The van der Waals surface area contributed by atoms with Gasteiger partial charge in [0.15, 0.2) is 9.84 Å². The smallest absolute Gasteiger partial charge is 0.331 e. The largest absolute Gasteiger partial charge is 0.458 e. The number of hydrogen-bond acceptors (Lipinski definition) is 5. The third-order valence-corrected chi connectivity index (χ3v) is 6.03. The van der Waals surface area contributed by atoms with E-state index in [0.717, 1.165) is 23.8 Å². The van der Waals surface area contributed by atoms with Gasteiger partial charge in [0.2, 0.25) is 0 Å². The minimum atomic E-state index is -3.63. The second-order valence-corrected chi connectivity index (χ2v) is 9.80. The van der Waals surface area contributed by atoms with E-state index in [1.165, 1.54) is 6.08 Å². The molecule has 0 N–H and O–H groups in total. The topological polar surface area (TPSA) is 63.7 Å². The summed E-state index contributed by atoms with van der Waals surface area (Å²) in [6.45, 7) is 8.06. The van der Waals surface area contributed by atoms with Crippen molar-refractivity contribution in [2.75, 3.05) is 13.6 Å². The van der Waals surface area contributed by atoms with Crippen molar-refractivity contribution in [2.24, 2.45) is 0 Å². The van der Waals surface area contributed by atoms with Crippen LogP contribution >= 0.6 is 0 Å². The first-order valence-corrected chi connectivity index (χ1v) is 10.5. The molecule has 1 saturated heterocycles. The number of hydrogen-bond donors (Lipinski definition) is 0. The van der Waals surface area contributed by atoms with Crippen LogP contribution in [0.2, 0.25) is 0 Å². The molecule has 1 aromatic rings. The fourth-order valence-corrected chi connectivity index (χ4v) is 4.12. The second-order valence-electron chi connectivity index (χ2n) is 7.97. The predicted molar refractivity (Wildman–Crippen MR) is 103 cm³/mol. The highest BCUT2D eigenvalue weighted by Crippen LogP contribution is 2.32. The van der Waals surface area contributed by atoms with E-state index in [1.54, 1.807) is 24.3 Å². The molecular weight excluding hydrogens is 350 g/mol. The number of esters is 1. The Labute approximate surface area is 157 Å². The maximum atomic E-state index is 12.9. The van der Waals surface area contributed by atoms with E-state index < -0.39 is 26.9 Å². The lowest BCUT2D eigenvalue weighted by atomic mass is 9.87. The highest BCUT2D eigenvalue weighted by molar-refractivity contribution is 7.94. The molecule has 0 aromatic heterocycles. The summed E-state index contributed by atoms with van der Waals surface area (Å²) in [4.78, 5) is 15.0. The first-order valence-electron chi connectivity index (χ1n) is 8.92. The highest BCUT2D eigenvalue weighted by atomic mass is 32.2. The second kappa shape index (κ2) is 7.53. The van der Waals surface area contributed by atoms with E-state index in [9.17, 15) is 13.2 Å². The molecule has 0 radical (unpaired) electrons. The molecule has 1 aliphatic rings. The number of benzene rings is 1. The molecule has 0 spiro atoms. The lowest BCUT2D eigenvalue weighted by molar-refractivity contribution is -0.167. The van der Waals surface area contributed by atoms with Crippen LogP contribution in [0.1, 0.15) is 45.6 Å². The molecule has 144 valence electrons. The Balaban J connectivity index is 2.39. The summed E-state index contributed by atoms with van der Waals surface area (Å²) < 4.78 is 31.0. The van der Waals surface area contributed by atoms with Gasteiger partial charge in [0.1, 0.15) is 11.1 Å². The van der Waals surface area contributed by atoms with Gasteiger partial charge < -0.3 is 4.74 Å². The first kappa shape index (κ1) is 20.6. The molecule has 0 amide bonds.